The van der Waals surface area contributed by atoms with E-state index in [1.54, 1.807) is 6.26 Å². The Morgan fingerprint density at radius 3 is 2.50 bits per heavy atom. The van der Waals surface area contributed by atoms with Gasteiger partial charge in [0.15, 0.2) is 5.96 Å². The first-order valence-electron chi connectivity index (χ1n) is 9.64. The molecule has 0 bridgehead atoms. The number of hydrogen-bond donors (Lipinski definition) is 3. The lowest BCUT2D eigenvalue weighted by molar-refractivity contribution is 0.0418. The zero-order valence-corrected chi connectivity index (χ0v) is 18.7. The maximum atomic E-state index is 10.5. The second-order valence-electron chi connectivity index (χ2n) is 6.78. The van der Waals surface area contributed by atoms with Crippen LogP contribution in [0.3, 0.4) is 0 Å². The van der Waals surface area contributed by atoms with Crippen LogP contribution in [0, 0.1) is 0 Å². The third kappa shape index (κ3) is 6.74. The Morgan fingerprint density at radius 1 is 1.27 bits per heavy atom. The molecule has 3 N–H and O–H groups in total. The predicted octanol–water partition coefficient (Wildman–Crippen LogP) is 3.14. The van der Waals surface area contributed by atoms with Gasteiger partial charge >= 0.3 is 0 Å². The number of halogens is 1. The maximum absolute atomic E-state index is 10.5. The van der Waals surface area contributed by atoms with Gasteiger partial charge in [0.2, 0.25) is 0 Å². The second-order valence-corrected chi connectivity index (χ2v) is 6.78. The largest absolute Gasteiger partial charge is 0.468 e. The first kappa shape index (κ1) is 23.2. The maximum Gasteiger partial charge on any atom is 0.191 e. The molecule has 7 heteroatoms. The molecule has 0 spiro atoms. The standard InChI is InChI=1S/C19H34N4O2.HI/c1-4-19(24,5-2)15-22-18(20-6-3)21-14-16(17-10-9-13-25-17)23-11-7-8-12-23;/h9-10,13,16,24H,4-8,11-12,14-15H2,1-3H3,(H2,20,21,22);1H. The van der Waals surface area contributed by atoms with Gasteiger partial charge in [0.05, 0.1) is 24.5 Å². The molecule has 0 amide bonds. The van der Waals surface area contributed by atoms with Crippen molar-refractivity contribution in [3.05, 3.63) is 24.2 Å². The highest BCUT2D eigenvalue weighted by atomic mass is 127. The van der Waals surface area contributed by atoms with Gasteiger partial charge in [-0.3, -0.25) is 9.89 Å². The molecule has 1 unspecified atom stereocenters. The minimum Gasteiger partial charge on any atom is -0.468 e. The van der Waals surface area contributed by atoms with Crippen LogP contribution in [-0.4, -0.2) is 54.3 Å². The van der Waals surface area contributed by atoms with Crippen LogP contribution in [0.1, 0.15) is 58.3 Å². The molecule has 1 atom stereocenters. The molecule has 0 aromatic carbocycles. The summed E-state index contributed by atoms with van der Waals surface area (Å²) in [5, 5.41) is 17.2. The van der Waals surface area contributed by atoms with Crippen LogP contribution in [0.5, 0.6) is 0 Å². The third-order valence-corrected chi connectivity index (χ3v) is 5.11. The number of furan rings is 1. The van der Waals surface area contributed by atoms with Gasteiger partial charge in [-0.2, -0.15) is 0 Å². The number of nitrogens with one attached hydrogen (secondary N) is 2. The van der Waals surface area contributed by atoms with Crippen LogP contribution in [0.25, 0.3) is 0 Å². The number of nitrogens with zero attached hydrogens (tertiary/aromatic N) is 2. The molecule has 1 aliphatic heterocycles. The lowest BCUT2D eigenvalue weighted by Crippen LogP contribution is -2.43. The Morgan fingerprint density at radius 2 is 1.96 bits per heavy atom. The second kappa shape index (κ2) is 11.8. The molecule has 1 aromatic rings. The minimum atomic E-state index is -0.724. The summed E-state index contributed by atoms with van der Waals surface area (Å²) in [6, 6.07) is 4.19. The topological polar surface area (TPSA) is 73.0 Å². The number of guanidine groups is 1. The third-order valence-electron chi connectivity index (χ3n) is 5.11. The van der Waals surface area contributed by atoms with Gasteiger partial charge in [-0.15, -0.1) is 24.0 Å². The number of likely N-dealkylation sites (tertiary alicyclic amines) is 1. The average Bonchev–Trinajstić information content (AvgIpc) is 3.34. The first-order valence-corrected chi connectivity index (χ1v) is 9.64. The van der Waals surface area contributed by atoms with Gasteiger partial charge in [-0.25, -0.2) is 0 Å². The number of hydrogen-bond acceptors (Lipinski definition) is 4. The van der Waals surface area contributed by atoms with Crippen molar-refractivity contribution in [3.63, 3.8) is 0 Å². The zero-order chi connectivity index (χ0) is 18.1. The van der Waals surface area contributed by atoms with Crippen LogP contribution in [-0.2, 0) is 0 Å². The van der Waals surface area contributed by atoms with Crippen LogP contribution in [0.2, 0.25) is 0 Å². The fraction of sp³-hybridized carbons (Fsp3) is 0.737. The number of aliphatic hydroxyl groups is 1. The van der Waals surface area contributed by atoms with E-state index in [1.807, 2.05) is 32.9 Å². The van der Waals surface area contributed by atoms with Crippen molar-refractivity contribution in [3.8, 4) is 0 Å². The minimum absolute atomic E-state index is 0. The summed E-state index contributed by atoms with van der Waals surface area (Å²) in [6.45, 7) is 10.2. The van der Waals surface area contributed by atoms with Gasteiger partial charge in [-0.1, -0.05) is 13.8 Å². The molecule has 150 valence electrons. The molecule has 1 saturated heterocycles. The van der Waals surface area contributed by atoms with Gasteiger partial charge in [0.1, 0.15) is 5.76 Å². The Labute approximate surface area is 174 Å². The molecule has 1 fully saturated rings. The molecule has 2 rings (SSSR count). The summed E-state index contributed by atoms with van der Waals surface area (Å²) < 4.78 is 5.67. The molecule has 0 radical (unpaired) electrons. The molecule has 1 aromatic heterocycles. The molecule has 6 nitrogen and oxygen atoms in total. The summed E-state index contributed by atoms with van der Waals surface area (Å²) in [5.74, 6) is 1.74. The van der Waals surface area contributed by atoms with Crippen LogP contribution < -0.4 is 10.6 Å². The van der Waals surface area contributed by atoms with E-state index < -0.39 is 5.60 Å². The number of rotatable bonds is 9. The summed E-state index contributed by atoms with van der Waals surface area (Å²) in [7, 11) is 0. The molecule has 1 aliphatic rings. The monoisotopic (exact) mass is 478 g/mol. The van der Waals surface area contributed by atoms with Crippen molar-refractivity contribution in [2.24, 2.45) is 4.99 Å². The summed E-state index contributed by atoms with van der Waals surface area (Å²) in [4.78, 5) is 7.06. The van der Waals surface area contributed by atoms with Crippen LogP contribution >= 0.6 is 24.0 Å². The predicted molar refractivity (Wildman–Crippen MR) is 117 cm³/mol. The van der Waals surface area contributed by atoms with Crippen molar-refractivity contribution in [2.75, 3.05) is 32.7 Å². The van der Waals surface area contributed by atoms with Gasteiger partial charge < -0.3 is 20.2 Å². The zero-order valence-electron chi connectivity index (χ0n) is 16.3. The van der Waals surface area contributed by atoms with Gasteiger partial charge in [-0.05, 0) is 57.8 Å². The van der Waals surface area contributed by atoms with E-state index in [0.29, 0.717) is 19.4 Å². The summed E-state index contributed by atoms with van der Waals surface area (Å²) in [6.07, 6.45) is 5.63. The summed E-state index contributed by atoms with van der Waals surface area (Å²) >= 11 is 0. The van der Waals surface area contributed by atoms with Crippen molar-refractivity contribution in [1.82, 2.24) is 15.5 Å². The lowest BCUT2D eigenvalue weighted by Gasteiger charge is -2.27. The van der Waals surface area contributed by atoms with Crippen LogP contribution in [0.4, 0.5) is 0 Å². The molecule has 0 aliphatic carbocycles. The van der Waals surface area contributed by atoms with E-state index in [1.165, 1.54) is 12.8 Å². The lowest BCUT2D eigenvalue weighted by atomic mass is 9.98. The smallest absolute Gasteiger partial charge is 0.191 e. The van der Waals surface area contributed by atoms with E-state index in [2.05, 4.69) is 20.5 Å². The Kier molecular flexibility index (Phi) is 10.6. The molecule has 0 saturated carbocycles. The highest BCUT2D eigenvalue weighted by Crippen LogP contribution is 2.24. The van der Waals surface area contributed by atoms with E-state index in [9.17, 15) is 5.11 Å². The van der Waals surface area contributed by atoms with E-state index in [4.69, 9.17) is 4.42 Å². The van der Waals surface area contributed by atoms with Gasteiger partial charge in [0.25, 0.3) is 0 Å². The summed E-state index contributed by atoms with van der Waals surface area (Å²) in [5.41, 5.74) is -0.724. The first-order chi connectivity index (χ1) is 12.1. The normalized spacial score (nSPS) is 17.0. The van der Waals surface area contributed by atoms with Crippen LogP contribution in [0.15, 0.2) is 27.8 Å². The highest BCUT2D eigenvalue weighted by molar-refractivity contribution is 14.0. The fourth-order valence-electron chi connectivity index (χ4n) is 3.18. The highest BCUT2D eigenvalue weighted by Gasteiger charge is 2.26. The molecular formula is C19H35IN4O2. The van der Waals surface area contributed by atoms with E-state index in [-0.39, 0.29) is 30.0 Å². The number of aliphatic imine (C=N–C) groups is 1. The molecular weight excluding hydrogens is 443 g/mol. The quantitative estimate of drug-likeness (QED) is 0.289. The van der Waals surface area contributed by atoms with Crippen molar-refractivity contribution in [2.45, 2.75) is 58.1 Å². The van der Waals surface area contributed by atoms with Crippen molar-refractivity contribution >= 4 is 29.9 Å². The SMILES string of the molecule is CCNC(=NCC(O)(CC)CC)NCC(c1ccco1)N1CCCC1.I. The Bertz CT molecular complexity index is 512. The van der Waals surface area contributed by atoms with Crippen molar-refractivity contribution in [1.29, 1.82) is 0 Å². The average molecular weight is 478 g/mol. The van der Waals surface area contributed by atoms with Crippen molar-refractivity contribution < 1.29 is 9.52 Å². The molecule has 2 heterocycles. The fourth-order valence-corrected chi connectivity index (χ4v) is 3.18. The Balaban J connectivity index is 0.00000338. The Hall–Kier alpha value is -0.800. The van der Waals surface area contributed by atoms with E-state index >= 15 is 0 Å². The van der Waals surface area contributed by atoms with Gasteiger partial charge in [0, 0.05) is 13.1 Å². The van der Waals surface area contributed by atoms with E-state index in [0.717, 1.165) is 37.9 Å². The molecule has 26 heavy (non-hydrogen) atoms.